The minimum absolute atomic E-state index is 0.0226. The Hall–Kier alpha value is -1.40. The maximum atomic E-state index is 12.2. The molecule has 0 saturated carbocycles. The number of hydrogen-bond donors (Lipinski definition) is 1. The molecular weight excluding hydrogens is 268 g/mol. The zero-order chi connectivity index (χ0) is 13.9. The van der Waals surface area contributed by atoms with E-state index in [1.807, 2.05) is 0 Å². The second-order valence-electron chi connectivity index (χ2n) is 4.60. The average molecular weight is 284 g/mol. The van der Waals surface area contributed by atoms with Crippen molar-refractivity contribution in [1.82, 2.24) is 0 Å². The van der Waals surface area contributed by atoms with E-state index in [2.05, 4.69) is 0 Å². The summed E-state index contributed by atoms with van der Waals surface area (Å²) < 4.78 is 29.8. The molecule has 0 amide bonds. The molecule has 1 fully saturated rings. The van der Waals surface area contributed by atoms with Crippen molar-refractivity contribution in [2.24, 2.45) is 0 Å². The first-order valence-electron chi connectivity index (χ1n) is 6.17. The number of carboxylic acids is 1. The predicted octanol–water partition coefficient (Wildman–Crippen LogP) is 1.73. The van der Waals surface area contributed by atoms with Gasteiger partial charge in [-0.2, -0.15) is 0 Å². The van der Waals surface area contributed by atoms with Gasteiger partial charge >= 0.3 is 5.97 Å². The van der Waals surface area contributed by atoms with Crippen molar-refractivity contribution >= 4 is 15.8 Å². The lowest BCUT2D eigenvalue weighted by atomic mass is 10.1. The van der Waals surface area contributed by atoms with Crippen molar-refractivity contribution < 1.29 is 23.1 Å². The van der Waals surface area contributed by atoms with Gasteiger partial charge in [0.1, 0.15) is 0 Å². The third-order valence-corrected chi connectivity index (χ3v) is 4.90. The van der Waals surface area contributed by atoms with Crippen molar-refractivity contribution in [3.8, 4) is 0 Å². The molecule has 1 aromatic rings. The van der Waals surface area contributed by atoms with Crippen molar-refractivity contribution in [1.29, 1.82) is 0 Å². The Labute approximate surface area is 112 Å². The lowest BCUT2D eigenvalue weighted by molar-refractivity contribution is 0.0305. The Morgan fingerprint density at radius 3 is 2.79 bits per heavy atom. The molecule has 1 atom stereocenters. The lowest BCUT2D eigenvalue weighted by Crippen LogP contribution is -2.27. The van der Waals surface area contributed by atoms with Crippen LogP contribution in [0.4, 0.5) is 0 Å². The molecule has 6 heteroatoms. The van der Waals surface area contributed by atoms with E-state index in [0.29, 0.717) is 6.61 Å². The Morgan fingerprint density at radius 1 is 1.37 bits per heavy atom. The molecule has 1 unspecified atom stereocenters. The van der Waals surface area contributed by atoms with Crippen molar-refractivity contribution in [3.05, 3.63) is 29.8 Å². The summed E-state index contributed by atoms with van der Waals surface area (Å²) in [5.41, 5.74) is -0.0226. The molecule has 5 nitrogen and oxygen atoms in total. The van der Waals surface area contributed by atoms with Gasteiger partial charge in [0.15, 0.2) is 9.84 Å². The van der Waals surface area contributed by atoms with Crippen LogP contribution in [0.2, 0.25) is 0 Å². The molecule has 1 N–H and O–H groups in total. The number of carboxylic acid groups (broad SMARTS) is 1. The lowest BCUT2D eigenvalue weighted by Gasteiger charge is -2.22. The number of sulfone groups is 1. The quantitative estimate of drug-likeness (QED) is 0.910. The minimum Gasteiger partial charge on any atom is -0.478 e. The molecule has 104 valence electrons. The molecule has 0 aliphatic carbocycles. The van der Waals surface area contributed by atoms with E-state index in [9.17, 15) is 13.2 Å². The summed E-state index contributed by atoms with van der Waals surface area (Å²) in [6.07, 6.45) is 2.38. The van der Waals surface area contributed by atoms with E-state index in [1.54, 1.807) is 0 Å². The molecule has 2 rings (SSSR count). The molecule has 0 spiro atoms. The summed E-state index contributed by atoms with van der Waals surface area (Å²) in [4.78, 5) is 10.9. The largest absolute Gasteiger partial charge is 0.478 e. The molecule has 1 aromatic carbocycles. The highest BCUT2D eigenvalue weighted by Gasteiger charge is 2.24. The molecular formula is C13H16O5S. The van der Waals surface area contributed by atoms with Gasteiger partial charge in [-0.3, -0.25) is 0 Å². The van der Waals surface area contributed by atoms with Gasteiger partial charge in [0.2, 0.25) is 0 Å². The molecule has 1 aliphatic heterocycles. The third kappa shape index (κ3) is 3.54. The number of ether oxygens (including phenoxy) is 1. The summed E-state index contributed by atoms with van der Waals surface area (Å²) >= 11 is 0. The van der Waals surface area contributed by atoms with Crippen LogP contribution in [0.5, 0.6) is 0 Å². The Morgan fingerprint density at radius 2 is 2.16 bits per heavy atom. The number of carbonyl (C=O) groups is 1. The molecule has 19 heavy (non-hydrogen) atoms. The zero-order valence-electron chi connectivity index (χ0n) is 10.4. The Kier molecular flexibility index (Phi) is 4.21. The summed E-state index contributed by atoms with van der Waals surface area (Å²) in [6, 6.07) is 5.43. The van der Waals surface area contributed by atoms with Crippen LogP contribution in [-0.2, 0) is 14.6 Å². The van der Waals surface area contributed by atoms with Gasteiger partial charge in [-0.15, -0.1) is 0 Å². The van der Waals surface area contributed by atoms with Crippen LogP contribution in [0.15, 0.2) is 29.2 Å². The summed E-state index contributed by atoms with van der Waals surface area (Å²) in [5, 5.41) is 8.88. The van der Waals surface area contributed by atoms with Gasteiger partial charge in [-0.05, 0) is 37.5 Å². The van der Waals surface area contributed by atoms with E-state index in [1.165, 1.54) is 24.3 Å². The topological polar surface area (TPSA) is 80.7 Å². The van der Waals surface area contributed by atoms with Crippen LogP contribution in [0.25, 0.3) is 0 Å². The number of aromatic carboxylic acids is 1. The standard InChI is InChI=1S/C13H16O5S/c14-13(15)10-4-3-6-12(8-10)19(16,17)9-11-5-1-2-7-18-11/h3-4,6,8,11H,1-2,5,7,9H2,(H,14,15). The summed E-state index contributed by atoms with van der Waals surface area (Å²) in [7, 11) is -3.50. The fourth-order valence-corrected chi connectivity index (χ4v) is 3.64. The van der Waals surface area contributed by atoms with Crippen LogP contribution < -0.4 is 0 Å². The molecule has 1 aliphatic rings. The van der Waals surface area contributed by atoms with E-state index in [0.717, 1.165) is 19.3 Å². The van der Waals surface area contributed by atoms with Crippen molar-refractivity contribution in [3.63, 3.8) is 0 Å². The van der Waals surface area contributed by atoms with Crippen LogP contribution in [0.1, 0.15) is 29.6 Å². The first kappa shape index (κ1) is 14.0. The van der Waals surface area contributed by atoms with Gasteiger partial charge < -0.3 is 9.84 Å². The maximum absolute atomic E-state index is 12.2. The molecule has 0 aromatic heterocycles. The average Bonchev–Trinajstić information content (AvgIpc) is 2.39. The zero-order valence-corrected chi connectivity index (χ0v) is 11.2. The first-order chi connectivity index (χ1) is 8.99. The predicted molar refractivity (Wildman–Crippen MR) is 69.0 cm³/mol. The highest BCUT2D eigenvalue weighted by atomic mass is 32.2. The van der Waals surface area contributed by atoms with Crippen LogP contribution in [-0.4, -0.2) is 38.0 Å². The van der Waals surface area contributed by atoms with Crippen LogP contribution >= 0.6 is 0 Å². The number of hydrogen-bond acceptors (Lipinski definition) is 4. The highest BCUT2D eigenvalue weighted by molar-refractivity contribution is 7.91. The Balaban J connectivity index is 2.18. The van der Waals surface area contributed by atoms with E-state index in [-0.39, 0.29) is 22.3 Å². The maximum Gasteiger partial charge on any atom is 0.335 e. The molecule has 0 bridgehead atoms. The minimum atomic E-state index is -3.50. The second kappa shape index (κ2) is 5.71. The first-order valence-corrected chi connectivity index (χ1v) is 7.82. The van der Waals surface area contributed by atoms with Crippen molar-refractivity contribution in [2.45, 2.75) is 30.3 Å². The van der Waals surface area contributed by atoms with E-state index < -0.39 is 15.8 Å². The third-order valence-electron chi connectivity index (χ3n) is 3.12. The van der Waals surface area contributed by atoms with Gasteiger partial charge in [-0.25, -0.2) is 13.2 Å². The van der Waals surface area contributed by atoms with Gasteiger partial charge in [-0.1, -0.05) is 6.07 Å². The molecule has 1 saturated heterocycles. The SMILES string of the molecule is O=C(O)c1cccc(S(=O)(=O)CC2CCCCO2)c1. The van der Waals surface area contributed by atoms with Gasteiger partial charge in [0.25, 0.3) is 0 Å². The number of rotatable bonds is 4. The van der Waals surface area contributed by atoms with Crippen molar-refractivity contribution in [2.75, 3.05) is 12.4 Å². The monoisotopic (exact) mass is 284 g/mol. The van der Waals surface area contributed by atoms with Crippen LogP contribution in [0.3, 0.4) is 0 Å². The Bertz CT molecular complexity index is 558. The van der Waals surface area contributed by atoms with Gasteiger partial charge in [0.05, 0.1) is 22.3 Å². The van der Waals surface area contributed by atoms with Gasteiger partial charge in [0, 0.05) is 6.61 Å². The molecule has 0 radical (unpaired) electrons. The second-order valence-corrected chi connectivity index (χ2v) is 6.64. The van der Waals surface area contributed by atoms with E-state index in [4.69, 9.17) is 9.84 Å². The normalized spacial score (nSPS) is 20.1. The molecule has 1 heterocycles. The smallest absolute Gasteiger partial charge is 0.335 e. The van der Waals surface area contributed by atoms with Crippen LogP contribution in [0, 0.1) is 0 Å². The summed E-state index contributed by atoms with van der Waals surface area (Å²) in [5.74, 6) is -1.22. The van der Waals surface area contributed by atoms with E-state index >= 15 is 0 Å². The fourth-order valence-electron chi connectivity index (χ4n) is 2.10. The summed E-state index contributed by atoms with van der Waals surface area (Å²) in [6.45, 7) is 0.593. The number of benzene rings is 1. The fraction of sp³-hybridized carbons (Fsp3) is 0.462. The highest BCUT2D eigenvalue weighted by Crippen LogP contribution is 2.19.